The summed E-state index contributed by atoms with van der Waals surface area (Å²) in [6, 6.07) is -0.296. The van der Waals surface area contributed by atoms with Crippen molar-refractivity contribution in [3.8, 4) is 0 Å². The SMILES string of the molecule is CC(C)(C)OC(=O)N[C@H]1C=C[C@H](N=[N+]=[N-])C1. The monoisotopic (exact) mass is 224 g/mol. The Bertz CT molecular complexity index is 339. The maximum absolute atomic E-state index is 11.4. The first-order chi connectivity index (χ1) is 7.40. The Morgan fingerprint density at radius 1 is 1.56 bits per heavy atom. The van der Waals surface area contributed by atoms with Crippen LogP contribution >= 0.6 is 0 Å². The first-order valence-corrected chi connectivity index (χ1v) is 5.13. The van der Waals surface area contributed by atoms with E-state index >= 15 is 0 Å². The molecule has 6 heteroatoms. The molecule has 1 N–H and O–H groups in total. The Hall–Kier alpha value is -1.68. The van der Waals surface area contributed by atoms with Crippen molar-refractivity contribution in [1.29, 1.82) is 0 Å². The Labute approximate surface area is 94.3 Å². The smallest absolute Gasteiger partial charge is 0.408 e. The average Bonchev–Trinajstić information content (AvgIpc) is 2.49. The number of rotatable bonds is 2. The van der Waals surface area contributed by atoms with Gasteiger partial charge in [-0.05, 0) is 32.7 Å². The third-order valence-electron chi connectivity index (χ3n) is 1.96. The molecule has 6 nitrogen and oxygen atoms in total. The van der Waals surface area contributed by atoms with E-state index in [1.165, 1.54) is 0 Å². The van der Waals surface area contributed by atoms with Gasteiger partial charge in [-0.3, -0.25) is 0 Å². The van der Waals surface area contributed by atoms with E-state index in [2.05, 4.69) is 15.3 Å². The molecule has 0 saturated carbocycles. The summed E-state index contributed by atoms with van der Waals surface area (Å²) in [6.07, 6.45) is 3.72. The van der Waals surface area contributed by atoms with Crippen molar-refractivity contribution in [2.24, 2.45) is 5.11 Å². The average molecular weight is 224 g/mol. The van der Waals surface area contributed by atoms with E-state index in [0.717, 1.165) is 0 Å². The molecule has 16 heavy (non-hydrogen) atoms. The molecule has 1 aliphatic rings. The molecule has 1 rings (SSSR count). The molecular weight excluding hydrogens is 208 g/mol. The fourth-order valence-corrected chi connectivity index (χ4v) is 1.40. The van der Waals surface area contributed by atoms with Gasteiger partial charge in [0.25, 0.3) is 0 Å². The van der Waals surface area contributed by atoms with Crippen LogP contribution < -0.4 is 5.32 Å². The van der Waals surface area contributed by atoms with Crippen molar-refractivity contribution in [3.05, 3.63) is 22.6 Å². The molecule has 2 atom stereocenters. The van der Waals surface area contributed by atoms with E-state index < -0.39 is 11.7 Å². The minimum atomic E-state index is -0.503. The van der Waals surface area contributed by atoms with Crippen LogP contribution in [-0.4, -0.2) is 23.8 Å². The van der Waals surface area contributed by atoms with Crippen LogP contribution in [0.2, 0.25) is 0 Å². The number of nitrogens with zero attached hydrogens (tertiary/aromatic N) is 3. The number of carbonyl (C=O) groups excluding carboxylic acids is 1. The zero-order valence-electron chi connectivity index (χ0n) is 9.67. The largest absolute Gasteiger partial charge is 0.444 e. The van der Waals surface area contributed by atoms with Crippen LogP contribution in [0.25, 0.3) is 10.4 Å². The molecule has 0 radical (unpaired) electrons. The standard InChI is InChI=1S/C10H16N4O2/c1-10(2,3)16-9(15)12-7-4-5-8(6-7)13-14-11/h4-5,7-8H,6H2,1-3H3,(H,12,15)/t7-,8-/m0/s1. The van der Waals surface area contributed by atoms with Gasteiger partial charge in [-0.1, -0.05) is 17.3 Å². The maximum Gasteiger partial charge on any atom is 0.408 e. The highest BCUT2D eigenvalue weighted by atomic mass is 16.6. The van der Waals surface area contributed by atoms with Gasteiger partial charge < -0.3 is 10.1 Å². The molecule has 0 aromatic rings. The number of nitrogens with one attached hydrogen (secondary N) is 1. The van der Waals surface area contributed by atoms with Crippen LogP contribution in [0, 0.1) is 0 Å². The van der Waals surface area contributed by atoms with E-state index in [4.69, 9.17) is 10.3 Å². The summed E-state index contributed by atoms with van der Waals surface area (Å²) in [5.41, 5.74) is 7.76. The lowest BCUT2D eigenvalue weighted by Crippen LogP contribution is -2.37. The van der Waals surface area contributed by atoms with Crippen LogP contribution in [0.5, 0.6) is 0 Å². The number of azide groups is 1. The van der Waals surface area contributed by atoms with Gasteiger partial charge in [0.15, 0.2) is 0 Å². The van der Waals surface area contributed by atoms with Crippen molar-refractivity contribution in [2.45, 2.75) is 44.9 Å². The second-order valence-electron chi connectivity index (χ2n) is 4.65. The Kier molecular flexibility index (Phi) is 3.79. The van der Waals surface area contributed by atoms with Crippen molar-refractivity contribution in [1.82, 2.24) is 5.32 Å². The molecule has 0 heterocycles. The fourth-order valence-electron chi connectivity index (χ4n) is 1.40. The summed E-state index contributed by atoms with van der Waals surface area (Å²) in [6.45, 7) is 5.42. The van der Waals surface area contributed by atoms with Gasteiger partial charge in [0.2, 0.25) is 0 Å². The molecule has 0 fully saturated rings. The van der Waals surface area contributed by atoms with Gasteiger partial charge >= 0.3 is 6.09 Å². The van der Waals surface area contributed by atoms with E-state index in [1.807, 2.05) is 6.08 Å². The van der Waals surface area contributed by atoms with E-state index in [-0.39, 0.29) is 12.1 Å². The molecule has 0 aliphatic heterocycles. The zero-order valence-corrected chi connectivity index (χ0v) is 9.67. The molecule has 0 spiro atoms. The van der Waals surface area contributed by atoms with Crippen molar-refractivity contribution in [3.63, 3.8) is 0 Å². The van der Waals surface area contributed by atoms with Gasteiger partial charge in [-0.2, -0.15) is 0 Å². The minimum absolute atomic E-state index is 0.120. The second kappa shape index (κ2) is 4.90. The number of hydrogen-bond acceptors (Lipinski definition) is 3. The Balaban J connectivity index is 2.38. The van der Waals surface area contributed by atoms with Crippen LogP contribution in [0.1, 0.15) is 27.2 Å². The third-order valence-corrected chi connectivity index (χ3v) is 1.96. The number of alkyl carbamates (subject to hydrolysis) is 1. The quantitative estimate of drug-likeness (QED) is 0.338. The number of carbonyl (C=O) groups is 1. The lowest BCUT2D eigenvalue weighted by atomic mass is 10.2. The Morgan fingerprint density at radius 3 is 2.81 bits per heavy atom. The minimum Gasteiger partial charge on any atom is -0.444 e. The molecule has 0 aromatic carbocycles. The van der Waals surface area contributed by atoms with Crippen molar-refractivity contribution in [2.75, 3.05) is 0 Å². The van der Waals surface area contributed by atoms with E-state index in [1.54, 1.807) is 26.8 Å². The maximum atomic E-state index is 11.4. The molecule has 1 aliphatic carbocycles. The molecule has 0 bridgehead atoms. The summed E-state index contributed by atoms with van der Waals surface area (Å²) in [4.78, 5) is 14.1. The van der Waals surface area contributed by atoms with E-state index in [9.17, 15) is 4.79 Å². The first kappa shape index (κ1) is 12.4. The van der Waals surface area contributed by atoms with Crippen molar-refractivity contribution >= 4 is 6.09 Å². The number of ether oxygens (including phenoxy) is 1. The number of amides is 1. The van der Waals surface area contributed by atoms with Gasteiger partial charge in [0.1, 0.15) is 5.60 Å². The van der Waals surface area contributed by atoms with Crippen LogP contribution in [0.4, 0.5) is 4.79 Å². The first-order valence-electron chi connectivity index (χ1n) is 5.13. The van der Waals surface area contributed by atoms with Crippen LogP contribution in [0.15, 0.2) is 17.3 Å². The lowest BCUT2D eigenvalue weighted by molar-refractivity contribution is 0.0514. The van der Waals surface area contributed by atoms with E-state index in [0.29, 0.717) is 6.42 Å². The second-order valence-corrected chi connectivity index (χ2v) is 4.65. The molecule has 1 amide bonds. The molecule has 88 valence electrons. The normalized spacial score (nSPS) is 23.7. The summed E-state index contributed by atoms with van der Waals surface area (Å²) >= 11 is 0. The van der Waals surface area contributed by atoms with Gasteiger partial charge in [0, 0.05) is 4.91 Å². The van der Waals surface area contributed by atoms with Gasteiger partial charge in [-0.15, -0.1) is 0 Å². The number of hydrogen-bond donors (Lipinski definition) is 1. The zero-order chi connectivity index (χ0) is 12.2. The highest BCUT2D eigenvalue weighted by molar-refractivity contribution is 5.68. The predicted octanol–water partition coefficient (Wildman–Crippen LogP) is 2.52. The topological polar surface area (TPSA) is 87.1 Å². The fraction of sp³-hybridized carbons (Fsp3) is 0.700. The molecule has 0 saturated heterocycles. The van der Waals surface area contributed by atoms with Crippen LogP contribution in [0.3, 0.4) is 0 Å². The molecule has 0 aromatic heterocycles. The lowest BCUT2D eigenvalue weighted by Gasteiger charge is -2.21. The van der Waals surface area contributed by atoms with Crippen molar-refractivity contribution < 1.29 is 9.53 Å². The summed E-state index contributed by atoms with van der Waals surface area (Å²) < 4.78 is 5.11. The summed E-state index contributed by atoms with van der Waals surface area (Å²) in [5, 5.41) is 6.25. The summed E-state index contributed by atoms with van der Waals surface area (Å²) in [7, 11) is 0. The molecular formula is C10H16N4O2. The Morgan fingerprint density at radius 2 is 2.25 bits per heavy atom. The third kappa shape index (κ3) is 4.23. The predicted molar refractivity (Wildman–Crippen MR) is 59.8 cm³/mol. The van der Waals surface area contributed by atoms with Gasteiger partial charge in [0.05, 0.1) is 12.1 Å². The highest BCUT2D eigenvalue weighted by Crippen LogP contribution is 2.15. The van der Waals surface area contributed by atoms with Gasteiger partial charge in [-0.25, -0.2) is 4.79 Å². The highest BCUT2D eigenvalue weighted by Gasteiger charge is 2.22. The molecule has 0 unspecified atom stereocenters. The summed E-state index contributed by atoms with van der Waals surface area (Å²) in [5.74, 6) is 0. The van der Waals surface area contributed by atoms with Crippen LogP contribution in [-0.2, 0) is 4.74 Å².